The number of hydrogen-bond donors (Lipinski definition) is 0. The molecule has 2 aliphatic rings. The van der Waals surface area contributed by atoms with E-state index in [0.29, 0.717) is 30.0 Å². The normalized spacial score (nSPS) is 17.1. The molecule has 0 saturated carbocycles. The molecule has 2 heterocycles. The quantitative estimate of drug-likeness (QED) is 0.0884. The smallest absolute Gasteiger partial charge is 0.243 e. The van der Waals surface area contributed by atoms with Crippen LogP contribution in [-0.2, 0) is 14.4 Å². The van der Waals surface area contributed by atoms with Crippen LogP contribution in [0.3, 0.4) is 0 Å². The van der Waals surface area contributed by atoms with Gasteiger partial charge >= 0.3 is 0 Å². The first-order valence-corrected chi connectivity index (χ1v) is 16.5. The van der Waals surface area contributed by atoms with Crippen molar-refractivity contribution in [1.82, 2.24) is 4.90 Å². The number of carbonyl (C=O) groups excluding carboxylic acids is 3. The minimum Gasteiger partial charge on any atom is -0.300 e. The fourth-order valence-corrected chi connectivity index (χ4v) is 5.86. The number of nitrogens with zero attached hydrogens (tertiary/aromatic N) is 2. The zero-order chi connectivity index (χ0) is 29.0. The summed E-state index contributed by atoms with van der Waals surface area (Å²) in [5.41, 5.74) is 1.38. The second-order valence-corrected chi connectivity index (χ2v) is 11.9. The average molecular weight is 553 g/mol. The van der Waals surface area contributed by atoms with Gasteiger partial charge in [-0.2, -0.15) is 0 Å². The summed E-state index contributed by atoms with van der Waals surface area (Å²) in [5.74, 6) is -0.0505. The first-order chi connectivity index (χ1) is 19.5. The fourth-order valence-electron chi connectivity index (χ4n) is 5.86. The first kappa shape index (κ1) is 33.9. The Morgan fingerprint density at radius 1 is 0.825 bits per heavy atom. The van der Waals surface area contributed by atoms with Crippen molar-refractivity contribution in [2.45, 2.75) is 155 Å². The molecular formula is C35H56N2O3. The van der Waals surface area contributed by atoms with Crippen molar-refractivity contribution in [3.63, 3.8) is 0 Å². The molecule has 0 bridgehead atoms. The average Bonchev–Trinajstić information content (AvgIpc) is 2.94. The number of hydrogen-bond acceptors (Lipinski definition) is 4. The zero-order valence-corrected chi connectivity index (χ0v) is 25.5. The lowest BCUT2D eigenvalue weighted by molar-refractivity contribution is -0.139. The van der Waals surface area contributed by atoms with Gasteiger partial charge in [0.05, 0.1) is 0 Å². The number of unbranched alkanes of at least 4 members (excludes halogenated alkanes) is 17. The topological polar surface area (TPSA) is 66.8 Å². The van der Waals surface area contributed by atoms with Crippen LogP contribution in [0.25, 0.3) is 0 Å². The lowest BCUT2D eigenvalue weighted by atomic mass is 9.84. The highest BCUT2D eigenvalue weighted by molar-refractivity contribution is 6.14. The highest BCUT2D eigenvalue weighted by atomic mass is 16.2. The Morgan fingerprint density at radius 2 is 1.30 bits per heavy atom. The molecule has 0 aliphatic carbocycles. The third-order valence-corrected chi connectivity index (χ3v) is 8.36. The molecule has 0 saturated heterocycles. The van der Waals surface area contributed by atoms with Gasteiger partial charge in [0.25, 0.3) is 0 Å². The van der Waals surface area contributed by atoms with E-state index in [1.54, 1.807) is 6.21 Å². The summed E-state index contributed by atoms with van der Waals surface area (Å²) in [6, 6.07) is 0. The standard InChI is InChI=1S/C35H56N2O3/c1-4-6-7-8-9-10-11-12-15-18-21-24-30(38)25-22-19-16-13-14-17-20-23-26-31-33(39)32-27-29(3)28-36-34(32)37(5-2)35(31)40/h5,28,31H,2-4,6-27H2,1H3/t31-/m0/s1. The third kappa shape index (κ3) is 12.5. The molecule has 0 N–H and O–H groups in total. The van der Waals surface area contributed by atoms with Crippen LogP contribution in [0.2, 0.25) is 0 Å². The molecule has 0 aromatic heterocycles. The SMILES string of the molecule is C=CN1C(=O)[C@@H](CCCCCCCCCCC(=O)CCCCCCCCCCCCC)C(=O)C2=C1N=CC(=C)C2. The Hall–Kier alpha value is -2.30. The van der Waals surface area contributed by atoms with Crippen LogP contribution >= 0.6 is 0 Å². The molecule has 0 unspecified atom stereocenters. The predicted molar refractivity (Wildman–Crippen MR) is 167 cm³/mol. The van der Waals surface area contributed by atoms with Gasteiger partial charge in [0.15, 0.2) is 5.78 Å². The fraction of sp³-hybridized carbons (Fsp3) is 0.714. The molecule has 1 atom stereocenters. The van der Waals surface area contributed by atoms with E-state index in [1.807, 2.05) is 0 Å². The Kier molecular flexibility index (Phi) is 17.4. The molecule has 40 heavy (non-hydrogen) atoms. The van der Waals surface area contributed by atoms with Gasteiger partial charge in [0.1, 0.15) is 17.5 Å². The van der Waals surface area contributed by atoms with Crippen molar-refractivity contribution >= 4 is 23.7 Å². The number of ketones is 2. The second kappa shape index (κ2) is 20.6. The Labute approximate surface area is 244 Å². The van der Waals surface area contributed by atoms with Crippen molar-refractivity contribution in [1.29, 1.82) is 0 Å². The summed E-state index contributed by atoms with van der Waals surface area (Å²) in [6.45, 7) is 9.93. The van der Waals surface area contributed by atoms with Gasteiger partial charge < -0.3 is 0 Å². The molecule has 5 heteroatoms. The molecule has 224 valence electrons. The molecule has 1 amide bonds. The van der Waals surface area contributed by atoms with Crippen LogP contribution in [0.5, 0.6) is 0 Å². The summed E-state index contributed by atoms with van der Waals surface area (Å²) in [5, 5.41) is 0. The lowest BCUT2D eigenvalue weighted by Gasteiger charge is -2.32. The van der Waals surface area contributed by atoms with Gasteiger partial charge in [-0.25, -0.2) is 4.99 Å². The van der Waals surface area contributed by atoms with E-state index in [9.17, 15) is 14.4 Å². The molecule has 2 aliphatic heterocycles. The largest absolute Gasteiger partial charge is 0.300 e. The van der Waals surface area contributed by atoms with Crippen molar-refractivity contribution < 1.29 is 14.4 Å². The highest BCUT2D eigenvalue weighted by Gasteiger charge is 2.40. The molecule has 0 aromatic rings. The predicted octanol–water partition coefficient (Wildman–Crippen LogP) is 9.57. The van der Waals surface area contributed by atoms with E-state index in [1.165, 1.54) is 94.6 Å². The number of allylic oxidation sites excluding steroid dienone is 2. The van der Waals surface area contributed by atoms with Crippen LogP contribution in [0.15, 0.2) is 41.3 Å². The van der Waals surface area contributed by atoms with E-state index in [-0.39, 0.29) is 11.7 Å². The van der Waals surface area contributed by atoms with Gasteiger partial charge in [0.2, 0.25) is 5.91 Å². The molecule has 0 fully saturated rings. The second-order valence-electron chi connectivity index (χ2n) is 11.9. The number of carbonyl (C=O) groups is 3. The van der Waals surface area contributed by atoms with Crippen LogP contribution in [0, 0.1) is 5.92 Å². The van der Waals surface area contributed by atoms with Crippen molar-refractivity contribution in [3.05, 3.63) is 36.3 Å². The van der Waals surface area contributed by atoms with Crippen molar-refractivity contribution in [2.24, 2.45) is 10.9 Å². The van der Waals surface area contributed by atoms with Crippen LogP contribution in [-0.4, -0.2) is 28.6 Å². The molecule has 5 nitrogen and oxygen atoms in total. The summed E-state index contributed by atoms with van der Waals surface area (Å²) >= 11 is 0. The molecule has 0 spiro atoms. The van der Waals surface area contributed by atoms with Gasteiger partial charge in [-0.3, -0.25) is 19.3 Å². The minimum atomic E-state index is -0.625. The van der Waals surface area contributed by atoms with Crippen LogP contribution < -0.4 is 0 Å². The van der Waals surface area contributed by atoms with Crippen LogP contribution in [0.1, 0.15) is 155 Å². The molecule has 0 radical (unpaired) electrons. The number of amides is 1. The Morgan fingerprint density at radius 3 is 1.80 bits per heavy atom. The van der Waals surface area contributed by atoms with Gasteiger partial charge in [-0.15, -0.1) is 0 Å². The number of rotatable bonds is 24. The maximum absolute atomic E-state index is 13.0. The Balaban J connectivity index is 1.42. The van der Waals surface area contributed by atoms with Gasteiger partial charge in [-0.1, -0.05) is 129 Å². The maximum Gasteiger partial charge on any atom is 0.243 e. The Bertz CT molecular complexity index is 885. The first-order valence-electron chi connectivity index (χ1n) is 16.5. The zero-order valence-electron chi connectivity index (χ0n) is 25.5. The molecule has 0 aromatic carbocycles. The molecular weight excluding hydrogens is 496 g/mol. The van der Waals surface area contributed by atoms with E-state index < -0.39 is 5.92 Å². The van der Waals surface area contributed by atoms with E-state index in [2.05, 4.69) is 25.1 Å². The highest BCUT2D eigenvalue weighted by Crippen LogP contribution is 2.34. The van der Waals surface area contributed by atoms with Gasteiger partial charge in [-0.05, 0) is 24.8 Å². The number of aliphatic imine (C=N–C) groups is 1. The summed E-state index contributed by atoms with van der Waals surface area (Å²) in [4.78, 5) is 43.7. The van der Waals surface area contributed by atoms with Crippen LogP contribution in [0.4, 0.5) is 0 Å². The summed E-state index contributed by atoms with van der Waals surface area (Å²) in [6.07, 6.45) is 28.9. The van der Waals surface area contributed by atoms with Crippen molar-refractivity contribution in [3.8, 4) is 0 Å². The maximum atomic E-state index is 13.0. The van der Waals surface area contributed by atoms with E-state index in [4.69, 9.17) is 0 Å². The monoisotopic (exact) mass is 552 g/mol. The van der Waals surface area contributed by atoms with Gasteiger partial charge in [0, 0.05) is 37.3 Å². The summed E-state index contributed by atoms with van der Waals surface area (Å²) < 4.78 is 0. The molecule has 2 rings (SSSR count). The summed E-state index contributed by atoms with van der Waals surface area (Å²) in [7, 11) is 0. The lowest BCUT2D eigenvalue weighted by Crippen LogP contribution is -2.42. The third-order valence-electron chi connectivity index (χ3n) is 8.36. The van der Waals surface area contributed by atoms with E-state index >= 15 is 0 Å². The van der Waals surface area contributed by atoms with Crippen molar-refractivity contribution in [2.75, 3.05) is 0 Å². The minimum absolute atomic E-state index is 0.0888. The number of Topliss-reactive ketones (excluding diaryl/α,β-unsaturated/α-hetero) is 2. The van der Waals surface area contributed by atoms with E-state index in [0.717, 1.165) is 56.9 Å².